The van der Waals surface area contributed by atoms with E-state index in [9.17, 15) is 4.79 Å². The number of aliphatic hydroxyl groups excluding tert-OH is 1. The number of rotatable bonds is 4. The summed E-state index contributed by atoms with van der Waals surface area (Å²) in [6, 6.07) is 0.267. The number of aliphatic hydroxyl groups is 1. The molecular weight excluding hydrogens is 194 g/mol. The maximum Gasteiger partial charge on any atom is 0.410 e. The van der Waals surface area contributed by atoms with Gasteiger partial charge in [-0.05, 0) is 39.5 Å². The molecule has 1 fully saturated rings. The van der Waals surface area contributed by atoms with Gasteiger partial charge >= 0.3 is 6.09 Å². The van der Waals surface area contributed by atoms with E-state index >= 15 is 0 Å². The zero-order valence-electron chi connectivity index (χ0n) is 9.61. The van der Waals surface area contributed by atoms with Gasteiger partial charge in [-0.2, -0.15) is 0 Å². The Bertz CT molecular complexity index is 206. The summed E-state index contributed by atoms with van der Waals surface area (Å²) in [5, 5.41) is 8.76. The molecule has 88 valence electrons. The Balaban J connectivity index is 2.41. The first-order valence-corrected chi connectivity index (χ1v) is 5.73. The highest BCUT2D eigenvalue weighted by atomic mass is 16.6. The van der Waals surface area contributed by atoms with Crippen molar-refractivity contribution in [1.82, 2.24) is 4.90 Å². The molecule has 1 atom stereocenters. The summed E-state index contributed by atoms with van der Waals surface area (Å²) in [7, 11) is 0. The lowest BCUT2D eigenvalue weighted by Gasteiger charge is -2.24. The Morgan fingerprint density at radius 3 is 2.93 bits per heavy atom. The average Bonchev–Trinajstić information content (AvgIpc) is 2.61. The first-order valence-electron chi connectivity index (χ1n) is 5.73. The van der Waals surface area contributed by atoms with Crippen molar-refractivity contribution in [2.45, 2.75) is 51.7 Å². The quantitative estimate of drug-likeness (QED) is 0.777. The molecule has 0 saturated carbocycles. The summed E-state index contributed by atoms with van der Waals surface area (Å²) in [5.41, 5.74) is 0. The van der Waals surface area contributed by atoms with E-state index in [4.69, 9.17) is 9.84 Å². The van der Waals surface area contributed by atoms with Crippen molar-refractivity contribution in [3.8, 4) is 0 Å². The molecule has 1 saturated heterocycles. The Labute approximate surface area is 91.2 Å². The molecule has 0 aliphatic carbocycles. The van der Waals surface area contributed by atoms with Crippen LogP contribution in [0, 0.1) is 0 Å². The molecule has 1 unspecified atom stereocenters. The molecule has 1 N–H and O–H groups in total. The zero-order chi connectivity index (χ0) is 11.3. The van der Waals surface area contributed by atoms with Crippen LogP contribution >= 0.6 is 0 Å². The van der Waals surface area contributed by atoms with Gasteiger partial charge in [-0.25, -0.2) is 4.79 Å². The molecule has 0 radical (unpaired) electrons. The maximum atomic E-state index is 11.7. The molecule has 1 aliphatic heterocycles. The Kier molecular flexibility index (Phi) is 4.88. The van der Waals surface area contributed by atoms with Crippen LogP contribution in [-0.4, -0.2) is 41.4 Å². The van der Waals surface area contributed by atoms with Gasteiger partial charge in [-0.15, -0.1) is 0 Å². The lowest BCUT2D eigenvalue weighted by atomic mass is 10.1. The second-order valence-electron chi connectivity index (χ2n) is 4.29. The number of hydrogen-bond donors (Lipinski definition) is 1. The monoisotopic (exact) mass is 215 g/mol. The highest BCUT2D eigenvalue weighted by Gasteiger charge is 2.29. The number of likely N-dealkylation sites (tertiary alicyclic amines) is 1. The molecule has 1 aliphatic rings. The van der Waals surface area contributed by atoms with E-state index < -0.39 is 0 Å². The van der Waals surface area contributed by atoms with E-state index in [2.05, 4.69) is 0 Å². The molecule has 0 spiro atoms. The van der Waals surface area contributed by atoms with E-state index in [1.807, 2.05) is 13.8 Å². The summed E-state index contributed by atoms with van der Waals surface area (Å²) in [5.74, 6) is 0. The summed E-state index contributed by atoms with van der Waals surface area (Å²) in [4.78, 5) is 13.5. The first kappa shape index (κ1) is 12.3. The number of carbonyl (C=O) groups excluding carboxylic acids is 1. The van der Waals surface area contributed by atoms with Crippen molar-refractivity contribution in [3.63, 3.8) is 0 Å². The third-order valence-electron chi connectivity index (χ3n) is 2.64. The molecule has 1 rings (SSSR count). The van der Waals surface area contributed by atoms with E-state index in [-0.39, 0.29) is 24.8 Å². The van der Waals surface area contributed by atoms with Crippen molar-refractivity contribution in [1.29, 1.82) is 0 Å². The number of hydrogen-bond acceptors (Lipinski definition) is 3. The fourth-order valence-electron chi connectivity index (χ4n) is 1.97. The van der Waals surface area contributed by atoms with Crippen LogP contribution in [0.15, 0.2) is 0 Å². The SMILES string of the molecule is CC(C)OC(=O)N1CCCC1CCCO. The van der Waals surface area contributed by atoms with Crippen LogP contribution in [0.25, 0.3) is 0 Å². The minimum atomic E-state index is -0.203. The van der Waals surface area contributed by atoms with Crippen molar-refractivity contribution >= 4 is 6.09 Å². The molecule has 0 aromatic rings. The van der Waals surface area contributed by atoms with E-state index in [0.717, 1.165) is 32.2 Å². The van der Waals surface area contributed by atoms with Gasteiger partial charge in [-0.1, -0.05) is 0 Å². The van der Waals surface area contributed by atoms with Crippen LogP contribution in [0.5, 0.6) is 0 Å². The lowest BCUT2D eigenvalue weighted by Crippen LogP contribution is -2.37. The normalized spacial score (nSPS) is 21.1. The largest absolute Gasteiger partial charge is 0.447 e. The number of amides is 1. The van der Waals surface area contributed by atoms with Crippen LogP contribution in [0.3, 0.4) is 0 Å². The third-order valence-corrected chi connectivity index (χ3v) is 2.64. The van der Waals surface area contributed by atoms with E-state index in [1.54, 1.807) is 4.90 Å². The fraction of sp³-hybridized carbons (Fsp3) is 0.909. The summed E-state index contributed by atoms with van der Waals surface area (Å²) in [6.45, 7) is 4.71. The predicted molar refractivity (Wildman–Crippen MR) is 57.7 cm³/mol. The summed E-state index contributed by atoms with van der Waals surface area (Å²) in [6.07, 6.45) is 3.46. The Morgan fingerprint density at radius 1 is 1.60 bits per heavy atom. The Morgan fingerprint density at radius 2 is 2.33 bits per heavy atom. The molecular formula is C11H21NO3. The van der Waals surface area contributed by atoms with Gasteiger partial charge < -0.3 is 14.7 Å². The summed E-state index contributed by atoms with van der Waals surface area (Å²) < 4.78 is 5.17. The maximum absolute atomic E-state index is 11.7. The molecule has 0 aromatic carbocycles. The third kappa shape index (κ3) is 3.70. The van der Waals surface area contributed by atoms with Gasteiger partial charge in [0.15, 0.2) is 0 Å². The Hall–Kier alpha value is -0.770. The van der Waals surface area contributed by atoms with Crippen LogP contribution in [0.1, 0.15) is 39.5 Å². The number of carbonyl (C=O) groups is 1. The highest BCUT2D eigenvalue weighted by Crippen LogP contribution is 2.22. The lowest BCUT2D eigenvalue weighted by molar-refractivity contribution is 0.0712. The topological polar surface area (TPSA) is 49.8 Å². The smallest absolute Gasteiger partial charge is 0.410 e. The standard InChI is InChI=1S/C11H21NO3/c1-9(2)15-11(14)12-7-3-5-10(12)6-4-8-13/h9-10,13H,3-8H2,1-2H3. The molecule has 0 aromatic heterocycles. The summed E-state index contributed by atoms with van der Waals surface area (Å²) >= 11 is 0. The van der Waals surface area contributed by atoms with Crippen molar-refractivity contribution < 1.29 is 14.6 Å². The van der Waals surface area contributed by atoms with Gasteiger partial charge in [0.2, 0.25) is 0 Å². The highest BCUT2D eigenvalue weighted by molar-refractivity contribution is 5.68. The van der Waals surface area contributed by atoms with Gasteiger partial charge in [-0.3, -0.25) is 0 Å². The van der Waals surface area contributed by atoms with E-state index in [0.29, 0.717) is 0 Å². The van der Waals surface area contributed by atoms with Gasteiger partial charge in [0.05, 0.1) is 6.10 Å². The van der Waals surface area contributed by atoms with Gasteiger partial charge in [0.1, 0.15) is 0 Å². The molecule has 15 heavy (non-hydrogen) atoms. The average molecular weight is 215 g/mol. The van der Waals surface area contributed by atoms with Gasteiger partial charge in [0.25, 0.3) is 0 Å². The molecule has 1 heterocycles. The van der Waals surface area contributed by atoms with Crippen LogP contribution in [0.4, 0.5) is 4.79 Å². The fourth-order valence-corrected chi connectivity index (χ4v) is 1.97. The van der Waals surface area contributed by atoms with Gasteiger partial charge in [0, 0.05) is 19.2 Å². The number of nitrogens with zero attached hydrogens (tertiary/aromatic N) is 1. The predicted octanol–water partition coefficient (Wildman–Crippen LogP) is 1.77. The van der Waals surface area contributed by atoms with Crippen molar-refractivity contribution in [2.24, 2.45) is 0 Å². The van der Waals surface area contributed by atoms with E-state index in [1.165, 1.54) is 0 Å². The minimum Gasteiger partial charge on any atom is -0.447 e. The van der Waals surface area contributed by atoms with Crippen molar-refractivity contribution in [3.05, 3.63) is 0 Å². The van der Waals surface area contributed by atoms with Crippen LogP contribution in [-0.2, 0) is 4.74 Å². The van der Waals surface area contributed by atoms with Crippen molar-refractivity contribution in [2.75, 3.05) is 13.2 Å². The molecule has 0 bridgehead atoms. The van der Waals surface area contributed by atoms with Crippen LogP contribution < -0.4 is 0 Å². The molecule has 1 amide bonds. The molecule has 4 heteroatoms. The molecule has 4 nitrogen and oxygen atoms in total. The van der Waals surface area contributed by atoms with Crippen LogP contribution in [0.2, 0.25) is 0 Å². The number of ether oxygens (including phenoxy) is 1. The second kappa shape index (κ2) is 5.95. The zero-order valence-corrected chi connectivity index (χ0v) is 9.61. The second-order valence-corrected chi connectivity index (χ2v) is 4.29. The first-order chi connectivity index (χ1) is 7.15. The minimum absolute atomic E-state index is 0.0587.